The Morgan fingerprint density at radius 1 is 0.889 bits per heavy atom. The Kier molecular flexibility index (Phi) is 7.01. The van der Waals surface area contributed by atoms with Crippen LogP contribution in [0.3, 0.4) is 0 Å². The molecule has 0 bridgehead atoms. The van der Waals surface area contributed by atoms with Crippen LogP contribution in [-0.2, 0) is 19.0 Å². The van der Waals surface area contributed by atoms with Crippen LogP contribution in [0.2, 0.25) is 0 Å². The van der Waals surface area contributed by atoms with Gasteiger partial charge in [-0.15, -0.1) is 0 Å². The molecule has 0 spiro atoms. The Bertz CT molecular complexity index is 824. The maximum Gasteiger partial charge on any atom is 0.314 e. The van der Waals surface area contributed by atoms with E-state index in [4.69, 9.17) is 8.92 Å². The molecule has 6 nitrogen and oxygen atoms in total. The summed E-state index contributed by atoms with van der Waals surface area (Å²) in [5.41, 5.74) is 0.212. The summed E-state index contributed by atoms with van der Waals surface area (Å²) in [7, 11) is -3.11. The van der Waals surface area contributed by atoms with Gasteiger partial charge in [-0.3, -0.25) is 9.59 Å². The molecule has 2 aromatic carbocycles. The zero-order chi connectivity index (χ0) is 19.9. The molecule has 0 saturated heterocycles. The van der Waals surface area contributed by atoms with Gasteiger partial charge in [-0.2, -0.15) is 8.42 Å². The third kappa shape index (κ3) is 4.88. The predicted octanol–water partition coefficient (Wildman–Crippen LogP) is 3.24. The lowest BCUT2D eigenvalue weighted by Crippen LogP contribution is -2.52. The van der Waals surface area contributed by atoms with E-state index >= 15 is 0 Å². The van der Waals surface area contributed by atoms with Gasteiger partial charge in [0, 0.05) is 18.2 Å². The number of methoxy groups -OCH3 is 1. The highest BCUT2D eigenvalue weighted by Crippen LogP contribution is 2.27. The fourth-order valence-electron chi connectivity index (χ4n) is 2.50. The second kappa shape index (κ2) is 9.03. The first-order chi connectivity index (χ1) is 12.9. The van der Waals surface area contributed by atoms with E-state index in [0.717, 1.165) is 7.11 Å². The van der Waals surface area contributed by atoms with Crippen LogP contribution in [0.5, 0.6) is 0 Å². The van der Waals surface area contributed by atoms with Crippen molar-refractivity contribution in [3.05, 3.63) is 71.8 Å². The second-order valence-electron chi connectivity index (χ2n) is 5.91. The largest absolute Gasteiger partial charge is 0.340 e. The van der Waals surface area contributed by atoms with Crippen LogP contribution in [0.25, 0.3) is 0 Å². The Balaban J connectivity index is 2.55. The van der Waals surface area contributed by atoms with Crippen molar-refractivity contribution in [3.63, 3.8) is 0 Å². The van der Waals surface area contributed by atoms with Gasteiger partial charge in [-0.25, -0.2) is 4.18 Å². The summed E-state index contributed by atoms with van der Waals surface area (Å²) in [6.45, 7) is 1.82. The summed E-state index contributed by atoms with van der Waals surface area (Å²) in [5.74, 6) is -4.69. The SMILES string of the molecule is CCCCS(=O)(=O)OC(OC)(C(=O)c1ccccc1)C(=O)c1ccccc1. The maximum atomic E-state index is 13.1. The number of unbranched alkanes of at least 4 members (excludes halogenated alkanes) is 1. The van der Waals surface area contributed by atoms with Gasteiger partial charge >= 0.3 is 5.79 Å². The molecule has 0 amide bonds. The van der Waals surface area contributed by atoms with Crippen molar-refractivity contribution in [1.82, 2.24) is 0 Å². The maximum absolute atomic E-state index is 13.1. The monoisotopic (exact) mass is 390 g/mol. The molecule has 0 fully saturated rings. The minimum absolute atomic E-state index is 0.106. The van der Waals surface area contributed by atoms with E-state index < -0.39 is 27.5 Å². The van der Waals surface area contributed by atoms with Gasteiger partial charge in [0.2, 0.25) is 11.6 Å². The molecule has 2 aromatic rings. The number of carbonyl (C=O) groups is 2. The molecule has 0 aliphatic rings. The fourth-order valence-corrected chi connectivity index (χ4v) is 3.80. The number of ether oxygens (including phenoxy) is 1. The topological polar surface area (TPSA) is 86.7 Å². The van der Waals surface area contributed by atoms with Gasteiger partial charge in [0.1, 0.15) is 0 Å². The molecule has 0 aliphatic carbocycles. The number of rotatable bonds is 10. The molecule has 0 unspecified atom stereocenters. The van der Waals surface area contributed by atoms with Crippen molar-refractivity contribution in [2.75, 3.05) is 12.9 Å². The first-order valence-corrected chi connectivity index (χ1v) is 10.1. The molecular formula is C20H22O6S. The molecule has 0 saturated carbocycles. The molecule has 0 atom stereocenters. The summed E-state index contributed by atoms with van der Waals surface area (Å²) >= 11 is 0. The molecule has 144 valence electrons. The van der Waals surface area contributed by atoms with Crippen LogP contribution in [0.1, 0.15) is 40.5 Å². The van der Waals surface area contributed by atoms with Crippen LogP contribution >= 0.6 is 0 Å². The molecule has 27 heavy (non-hydrogen) atoms. The van der Waals surface area contributed by atoms with Gasteiger partial charge in [-0.1, -0.05) is 74.0 Å². The highest BCUT2D eigenvalue weighted by atomic mass is 32.2. The molecule has 0 aliphatic heterocycles. The van der Waals surface area contributed by atoms with Crippen molar-refractivity contribution >= 4 is 21.7 Å². The standard InChI is InChI=1S/C20H22O6S/c1-3-4-15-27(23,24)26-20(25-2,18(21)16-11-7-5-8-12-16)19(22)17-13-9-6-10-14-17/h5-14H,3-4,15H2,1-2H3. The van der Waals surface area contributed by atoms with Gasteiger partial charge in [0.05, 0.1) is 5.75 Å². The molecule has 0 radical (unpaired) electrons. The number of benzene rings is 2. The van der Waals surface area contributed by atoms with Crippen LogP contribution < -0.4 is 0 Å². The van der Waals surface area contributed by atoms with Gasteiger partial charge in [-0.05, 0) is 6.42 Å². The molecular weight excluding hydrogens is 368 g/mol. The molecule has 2 rings (SSSR count). The summed E-state index contributed by atoms with van der Waals surface area (Å²) in [6.07, 6.45) is 0.947. The van der Waals surface area contributed by atoms with E-state index in [1.54, 1.807) is 36.4 Å². The smallest absolute Gasteiger partial charge is 0.314 e. The number of hydrogen-bond donors (Lipinski definition) is 0. The Labute approximate surface area is 159 Å². The van der Waals surface area contributed by atoms with Crippen molar-refractivity contribution in [2.24, 2.45) is 0 Å². The van der Waals surface area contributed by atoms with E-state index in [-0.39, 0.29) is 16.9 Å². The summed E-state index contributed by atoms with van der Waals surface area (Å²) in [4.78, 5) is 26.3. The number of Topliss-reactive ketones (excluding diaryl/α,β-unsaturated/α-hetero) is 2. The van der Waals surface area contributed by atoms with Crippen molar-refractivity contribution in [2.45, 2.75) is 25.6 Å². The molecule has 0 aromatic heterocycles. The quantitative estimate of drug-likeness (QED) is 0.268. The average Bonchev–Trinajstić information content (AvgIpc) is 2.71. The lowest BCUT2D eigenvalue weighted by molar-refractivity contribution is -0.0930. The summed E-state index contributed by atoms with van der Waals surface area (Å²) < 4.78 is 35.2. The van der Waals surface area contributed by atoms with Crippen molar-refractivity contribution < 1.29 is 26.9 Å². The number of ketones is 2. The van der Waals surface area contributed by atoms with Crippen LogP contribution in [0, 0.1) is 0 Å². The van der Waals surface area contributed by atoms with Gasteiger partial charge in [0.25, 0.3) is 10.1 Å². The molecule has 7 heteroatoms. The zero-order valence-corrected chi connectivity index (χ0v) is 16.1. The average molecular weight is 390 g/mol. The fraction of sp³-hybridized carbons (Fsp3) is 0.300. The van der Waals surface area contributed by atoms with Crippen molar-refractivity contribution in [3.8, 4) is 0 Å². The number of hydrogen-bond acceptors (Lipinski definition) is 6. The molecule has 0 heterocycles. The Morgan fingerprint density at radius 3 is 1.70 bits per heavy atom. The first-order valence-electron chi connectivity index (χ1n) is 8.54. The van der Waals surface area contributed by atoms with Crippen LogP contribution in [0.4, 0.5) is 0 Å². The lowest BCUT2D eigenvalue weighted by Gasteiger charge is -2.28. The van der Waals surface area contributed by atoms with Crippen LogP contribution in [0.15, 0.2) is 60.7 Å². The highest BCUT2D eigenvalue weighted by Gasteiger charge is 2.52. The number of carbonyl (C=O) groups excluding carboxylic acids is 2. The minimum Gasteiger partial charge on any atom is -0.340 e. The van der Waals surface area contributed by atoms with E-state index in [9.17, 15) is 18.0 Å². The van der Waals surface area contributed by atoms with E-state index in [1.807, 2.05) is 6.92 Å². The van der Waals surface area contributed by atoms with Crippen LogP contribution in [-0.4, -0.2) is 38.6 Å². The van der Waals surface area contributed by atoms with Crippen molar-refractivity contribution in [1.29, 1.82) is 0 Å². The summed E-state index contributed by atoms with van der Waals surface area (Å²) in [6, 6.07) is 15.7. The predicted molar refractivity (Wildman–Crippen MR) is 101 cm³/mol. The molecule has 0 N–H and O–H groups in total. The second-order valence-corrected chi connectivity index (χ2v) is 7.60. The van der Waals surface area contributed by atoms with E-state index in [0.29, 0.717) is 12.8 Å². The van der Waals surface area contributed by atoms with E-state index in [1.165, 1.54) is 24.3 Å². The zero-order valence-electron chi connectivity index (χ0n) is 15.3. The Hall–Kier alpha value is -2.35. The third-order valence-corrected chi connectivity index (χ3v) is 5.23. The minimum atomic E-state index is -4.19. The normalized spacial score (nSPS) is 11.9. The third-order valence-electron chi connectivity index (χ3n) is 3.95. The van der Waals surface area contributed by atoms with Gasteiger partial charge < -0.3 is 4.74 Å². The summed E-state index contributed by atoms with van der Waals surface area (Å²) in [5, 5.41) is 0. The van der Waals surface area contributed by atoms with Gasteiger partial charge in [0.15, 0.2) is 0 Å². The first kappa shape index (κ1) is 21.0. The Morgan fingerprint density at radius 2 is 1.33 bits per heavy atom. The van der Waals surface area contributed by atoms with E-state index in [2.05, 4.69) is 0 Å². The highest BCUT2D eigenvalue weighted by molar-refractivity contribution is 7.86. The lowest BCUT2D eigenvalue weighted by atomic mass is 9.95.